The molecule has 0 rings (SSSR count). The summed E-state index contributed by atoms with van der Waals surface area (Å²) in [5, 5.41) is 13.8. The van der Waals surface area contributed by atoms with Crippen LogP contribution in [0.4, 0.5) is 0 Å². The van der Waals surface area contributed by atoms with Crippen LogP contribution in [-0.2, 0) is 18.4 Å². The predicted molar refractivity (Wildman–Crippen MR) is 240 cm³/mol. The van der Waals surface area contributed by atoms with E-state index < -0.39 is 20.0 Å². The molecular weight excluding hydrogens is 719 g/mol. The lowest BCUT2D eigenvalue weighted by atomic mass is 10.0. The van der Waals surface area contributed by atoms with Gasteiger partial charge in [0.2, 0.25) is 5.91 Å². The maximum Gasteiger partial charge on any atom is 0.472 e. The first-order valence-electron chi connectivity index (χ1n) is 23.7. The van der Waals surface area contributed by atoms with Gasteiger partial charge in [0.05, 0.1) is 39.9 Å². The lowest BCUT2D eigenvalue weighted by molar-refractivity contribution is -0.870. The van der Waals surface area contributed by atoms with Crippen molar-refractivity contribution < 1.29 is 32.9 Å². The lowest BCUT2D eigenvalue weighted by Gasteiger charge is -2.25. The number of phosphoric ester groups is 1. The Hall–Kier alpha value is -1.02. The van der Waals surface area contributed by atoms with E-state index in [1.165, 1.54) is 161 Å². The second-order valence-corrected chi connectivity index (χ2v) is 18.9. The van der Waals surface area contributed by atoms with Gasteiger partial charge in [0.1, 0.15) is 13.2 Å². The van der Waals surface area contributed by atoms with E-state index in [4.69, 9.17) is 9.05 Å². The molecule has 3 unspecified atom stereocenters. The fourth-order valence-electron chi connectivity index (χ4n) is 6.88. The maximum absolute atomic E-state index is 12.9. The molecule has 8 nitrogen and oxygen atoms in total. The molecule has 9 heteroatoms. The van der Waals surface area contributed by atoms with Crippen molar-refractivity contribution in [3.63, 3.8) is 0 Å². The van der Waals surface area contributed by atoms with Gasteiger partial charge in [-0.2, -0.15) is 0 Å². The molecule has 0 bridgehead atoms. The number of likely N-dealkylation sites (N-methyl/N-ethyl adjacent to an activating group) is 1. The van der Waals surface area contributed by atoms with E-state index in [2.05, 4.69) is 31.3 Å². The van der Waals surface area contributed by atoms with E-state index >= 15 is 0 Å². The van der Waals surface area contributed by atoms with E-state index in [1.54, 1.807) is 6.08 Å². The molecule has 3 N–H and O–H groups in total. The van der Waals surface area contributed by atoms with Gasteiger partial charge in [0.15, 0.2) is 0 Å². The third-order valence-corrected chi connectivity index (χ3v) is 11.7. The third kappa shape index (κ3) is 41.2. The normalized spacial score (nSPS) is 14.5. The molecule has 3 atom stereocenters. The van der Waals surface area contributed by atoms with Crippen LogP contribution in [0, 0.1) is 0 Å². The zero-order valence-electron chi connectivity index (χ0n) is 37.6. The van der Waals surface area contributed by atoms with Gasteiger partial charge < -0.3 is 19.8 Å². The summed E-state index contributed by atoms with van der Waals surface area (Å²) in [6, 6.07) is -0.857. The Morgan fingerprint density at radius 1 is 0.589 bits per heavy atom. The first kappa shape index (κ1) is 55.0. The minimum atomic E-state index is -4.34. The number of nitrogens with one attached hydrogen (secondary N) is 1. The van der Waals surface area contributed by atoms with Crippen LogP contribution in [0.3, 0.4) is 0 Å². The van der Waals surface area contributed by atoms with Gasteiger partial charge in [-0.3, -0.25) is 13.8 Å². The van der Waals surface area contributed by atoms with Crippen LogP contribution < -0.4 is 5.32 Å². The summed E-state index contributed by atoms with van der Waals surface area (Å²) in [4.78, 5) is 23.1. The highest BCUT2D eigenvalue weighted by Crippen LogP contribution is 2.43. The minimum absolute atomic E-state index is 0.0581. The topological polar surface area (TPSA) is 105 Å². The summed E-state index contributed by atoms with van der Waals surface area (Å²) >= 11 is 0. The Kier molecular flexibility index (Phi) is 38.7. The van der Waals surface area contributed by atoms with E-state index in [9.17, 15) is 19.4 Å². The molecule has 0 aromatic heterocycles. The van der Waals surface area contributed by atoms with E-state index in [0.29, 0.717) is 17.4 Å². The molecule has 0 spiro atoms. The number of hydrogen-bond donors (Lipinski definition) is 3. The van der Waals surface area contributed by atoms with Crippen LogP contribution in [0.5, 0.6) is 0 Å². The maximum atomic E-state index is 12.9. The number of unbranched alkanes of at least 4 members (excludes halogenated alkanes) is 28. The number of rotatable bonds is 43. The number of carbonyl (C=O) groups excluding carboxylic acids is 1. The van der Waals surface area contributed by atoms with Crippen molar-refractivity contribution >= 4 is 13.7 Å². The second kappa shape index (κ2) is 39.4. The summed E-state index contributed by atoms with van der Waals surface area (Å²) < 4.78 is 23.5. The number of aliphatic hydroxyl groups excluding tert-OH is 1. The first-order valence-corrected chi connectivity index (χ1v) is 25.2. The zero-order chi connectivity index (χ0) is 41.4. The number of aliphatic hydroxyl groups is 1. The molecule has 0 fully saturated rings. The molecule has 0 aliphatic rings. The Morgan fingerprint density at radius 3 is 1.43 bits per heavy atom. The number of carbonyl (C=O) groups is 1. The molecule has 0 saturated carbocycles. The monoisotopic (exact) mass is 814 g/mol. The molecular formula is C47H94N2O6P+. The Bertz CT molecular complexity index is 969. The van der Waals surface area contributed by atoms with Gasteiger partial charge in [-0.25, -0.2) is 4.57 Å². The zero-order valence-corrected chi connectivity index (χ0v) is 38.5. The van der Waals surface area contributed by atoms with Crippen molar-refractivity contribution in [2.45, 2.75) is 231 Å². The highest BCUT2D eigenvalue weighted by Gasteiger charge is 2.27. The SMILES string of the molecule is CCCCCCC/C=C/CC/C=C/C(O)C(COP(=O)(O)OCC[N+](C)(C)C)NC(=O)CCCCCCCCCCCCCCCCCCCCCCCCC. The number of amides is 1. The van der Waals surface area contributed by atoms with Crippen molar-refractivity contribution in [1.29, 1.82) is 0 Å². The van der Waals surface area contributed by atoms with Crippen LogP contribution in [0.2, 0.25) is 0 Å². The minimum Gasteiger partial charge on any atom is -0.387 e. The molecule has 0 aliphatic carbocycles. The van der Waals surface area contributed by atoms with Gasteiger partial charge in [0.25, 0.3) is 0 Å². The second-order valence-electron chi connectivity index (χ2n) is 17.5. The summed E-state index contributed by atoms with van der Waals surface area (Å²) in [6.45, 7) is 4.78. The number of quaternary nitrogens is 1. The highest BCUT2D eigenvalue weighted by molar-refractivity contribution is 7.47. The molecule has 0 aromatic rings. The van der Waals surface area contributed by atoms with Gasteiger partial charge in [-0.15, -0.1) is 0 Å². The molecule has 0 saturated heterocycles. The smallest absolute Gasteiger partial charge is 0.387 e. The first-order chi connectivity index (χ1) is 27.0. The number of phosphoric acid groups is 1. The van der Waals surface area contributed by atoms with Crippen LogP contribution in [-0.4, -0.2) is 73.4 Å². The van der Waals surface area contributed by atoms with Crippen molar-refractivity contribution in [1.82, 2.24) is 5.32 Å². The van der Waals surface area contributed by atoms with Crippen LogP contribution >= 0.6 is 7.82 Å². The number of hydrogen-bond acceptors (Lipinski definition) is 5. The van der Waals surface area contributed by atoms with Crippen LogP contribution in [0.15, 0.2) is 24.3 Å². The summed E-state index contributed by atoms with van der Waals surface area (Å²) in [6.07, 6.45) is 46.9. The Morgan fingerprint density at radius 2 is 0.982 bits per heavy atom. The van der Waals surface area contributed by atoms with Gasteiger partial charge in [-0.05, 0) is 32.1 Å². The standard InChI is InChI=1S/C47H93N2O6P/c1-6-8-10-12-14-16-18-19-20-21-22-23-24-25-26-27-28-29-31-33-35-37-39-41-47(51)48-45(44-55-56(52,53)54-43-42-49(3,4)5)46(50)40-38-36-34-32-30-17-15-13-11-9-7-2/h30,32,38,40,45-46,50H,6-29,31,33-37,39,41-44H2,1-5H3,(H-,48,51,52,53)/p+1/b32-30+,40-38+. The summed E-state index contributed by atoms with van der Waals surface area (Å²) in [7, 11) is 1.56. The van der Waals surface area contributed by atoms with Crippen molar-refractivity contribution in [3.05, 3.63) is 24.3 Å². The van der Waals surface area contributed by atoms with Crippen molar-refractivity contribution in [2.24, 2.45) is 0 Å². The fourth-order valence-corrected chi connectivity index (χ4v) is 7.62. The average molecular weight is 814 g/mol. The summed E-state index contributed by atoms with van der Waals surface area (Å²) in [5.41, 5.74) is 0. The van der Waals surface area contributed by atoms with E-state index in [-0.39, 0.29) is 19.1 Å². The Labute approximate surface area is 347 Å². The highest BCUT2D eigenvalue weighted by atomic mass is 31.2. The fraction of sp³-hybridized carbons (Fsp3) is 0.894. The van der Waals surface area contributed by atoms with Gasteiger partial charge >= 0.3 is 7.82 Å². The predicted octanol–water partition coefficient (Wildman–Crippen LogP) is 13.3. The number of allylic oxidation sites excluding steroid dienone is 3. The van der Waals surface area contributed by atoms with Crippen molar-refractivity contribution in [3.8, 4) is 0 Å². The van der Waals surface area contributed by atoms with Crippen LogP contribution in [0.1, 0.15) is 219 Å². The van der Waals surface area contributed by atoms with Crippen molar-refractivity contribution in [2.75, 3.05) is 40.9 Å². The van der Waals surface area contributed by atoms with E-state index in [1.807, 2.05) is 27.2 Å². The van der Waals surface area contributed by atoms with Gasteiger partial charge in [-0.1, -0.05) is 205 Å². The quantitative estimate of drug-likeness (QED) is 0.0245. The Balaban J connectivity index is 4.21. The molecule has 0 heterocycles. The number of nitrogens with zero attached hydrogens (tertiary/aromatic N) is 1. The molecule has 1 amide bonds. The average Bonchev–Trinajstić information content (AvgIpc) is 3.15. The molecule has 56 heavy (non-hydrogen) atoms. The molecule has 0 radical (unpaired) electrons. The lowest BCUT2D eigenvalue weighted by Crippen LogP contribution is -2.45. The third-order valence-electron chi connectivity index (χ3n) is 10.7. The summed E-state index contributed by atoms with van der Waals surface area (Å²) in [5.74, 6) is -0.185. The van der Waals surface area contributed by atoms with Crippen LogP contribution in [0.25, 0.3) is 0 Å². The molecule has 0 aromatic carbocycles. The van der Waals surface area contributed by atoms with E-state index in [0.717, 1.165) is 38.5 Å². The molecule has 0 aliphatic heterocycles. The van der Waals surface area contributed by atoms with Gasteiger partial charge in [0, 0.05) is 6.42 Å². The largest absolute Gasteiger partial charge is 0.472 e. The molecule has 332 valence electrons.